The molecule has 5 rings (SSSR count). The molecule has 1 aromatic heterocycles. The third kappa shape index (κ3) is 10.4. The number of hydrogen-bond acceptors (Lipinski definition) is 7. The Bertz CT molecular complexity index is 1520. The maximum absolute atomic E-state index is 12.8. The lowest BCUT2D eigenvalue weighted by Gasteiger charge is -2.42. The van der Waals surface area contributed by atoms with Gasteiger partial charge in [0.05, 0.1) is 6.67 Å². The Kier molecular flexibility index (Phi) is 12.2. The number of halogens is 6. The van der Waals surface area contributed by atoms with Gasteiger partial charge >= 0.3 is 24.3 Å². The fourth-order valence-electron chi connectivity index (χ4n) is 4.99. The maximum atomic E-state index is 12.8. The van der Waals surface area contributed by atoms with Gasteiger partial charge in [-0.25, -0.2) is 9.59 Å². The Labute approximate surface area is 264 Å². The van der Waals surface area contributed by atoms with Crippen LogP contribution in [0.5, 0.6) is 0 Å². The second-order valence-corrected chi connectivity index (χ2v) is 10.5. The molecule has 0 atom stereocenters. The van der Waals surface area contributed by atoms with Gasteiger partial charge in [0.2, 0.25) is 5.91 Å². The van der Waals surface area contributed by atoms with Crippen LogP contribution in [0, 0.1) is 0 Å². The highest BCUT2D eigenvalue weighted by Gasteiger charge is 2.49. The van der Waals surface area contributed by atoms with Crippen LogP contribution in [0.2, 0.25) is 0 Å². The second kappa shape index (κ2) is 15.7. The number of amides is 2. The first-order valence-corrected chi connectivity index (χ1v) is 14.0. The van der Waals surface area contributed by atoms with E-state index in [4.69, 9.17) is 19.8 Å². The van der Waals surface area contributed by atoms with Gasteiger partial charge in [-0.05, 0) is 53.4 Å². The normalized spacial score (nSPS) is 16.3. The summed E-state index contributed by atoms with van der Waals surface area (Å²) in [4.78, 5) is 51.9. The molecule has 2 aromatic carbocycles. The van der Waals surface area contributed by atoms with Gasteiger partial charge in [-0.1, -0.05) is 30.3 Å². The van der Waals surface area contributed by atoms with Crippen LogP contribution in [-0.2, 0) is 20.9 Å². The second-order valence-electron chi connectivity index (χ2n) is 10.5. The first-order chi connectivity index (χ1) is 22.0. The van der Waals surface area contributed by atoms with Gasteiger partial charge in [0.15, 0.2) is 0 Å². The molecule has 0 radical (unpaired) electrons. The summed E-state index contributed by atoms with van der Waals surface area (Å²) in [6.45, 7) is 4.37. The molecule has 0 saturated carbocycles. The van der Waals surface area contributed by atoms with Crippen LogP contribution in [0.4, 0.5) is 26.3 Å². The zero-order chi connectivity index (χ0) is 34.8. The average Bonchev–Trinajstić information content (AvgIpc) is 3.31. The number of aliphatic carboxylic acids is 2. The number of likely N-dealkylation sites (tertiary alicyclic amines) is 1. The number of rotatable bonds is 6. The zero-order valence-electron chi connectivity index (χ0n) is 24.6. The van der Waals surface area contributed by atoms with Gasteiger partial charge in [0.25, 0.3) is 5.91 Å². The summed E-state index contributed by atoms with van der Waals surface area (Å²) in [5, 5.41) is 22.5. The number of nitrogens with one attached hydrogen (secondary N) is 2. The lowest BCUT2D eigenvalue weighted by Crippen LogP contribution is -2.56. The van der Waals surface area contributed by atoms with Crippen molar-refractivity contribution in [1.82, 2.24) is 25.4 Å². The molecule has 0 unspecified atom stereocenters. The third-order valence-electron chi connectivity index (χ3n) is 7.47. The van der Waals surface area contributed by atoms with Crippen molar-refractivity contribution < 1.29 is 55.7 Å². The highest BCUT2D eigenvalue weighted by Crippen LogP contribution is 2.33. The fraction of sp³-hybridized carbons (Fsp3) is 0.367. The number of aromatic nitrogens is 1. The van der Waals surface area contributed by atoms with Gasteiger partial charge in [-0.15, -0.1) is 0 Å². The number of benzene rings is 2. The monoisotopic (exact) mass is 671 g/mol. The maximum Gasteiger partial charge on any atom is 0.490 e. The van der Waals surface area contributed by atoms with E-state index in [1.807, 2.05) is 54.6 Å². The van der Waals surface area contributed by atoms with Gasteiger partial charge in [0.1, 0.15) is 5.54 Å². The number of fused-ring (bicyclic) bond motifs is 1. The molecule has 3 heterocycles. The van der Waals surface area contributed by atoms with Crippen LogP contribution in [0.1, 0.15) is 28.8 Å². The Hall–Kier alpha value is -4.77. The van der Waals surface area contributed by atoms with Crippen molar-refractivity contribution >= 4 is 34.5 Å². The standard InChI is InChI=1S/C26H29N5O2.2C2HF3O2/c32-24(23-6-5-21-3-1-2-4-22(21)17-23)28-13-16-30-14-9-26(10-15-30)25(33)29-19-31(26)18-20-7-11-27-12-8-20;2*3-2(4,5)1(6)7/h1-8,11-12,17H,9-10,13-16,18-19H2,(H,28,32)(H,29,33);2*(H,6,7). The third-order valence-corrected chi connectivity index (χ3v) is 7.47. The van der Waals surface area contributed by atoms with Crippen molar-refractivity contribution in [1.29, 1.82) is 0 Å². The molecule has 3 aromatic rings. The molecule has 4 N–H and O–H groups in total. The number of carbonyl (C=O) groups excluding carboxylic acids is 2. The summed E-state index contributed by atoms with van der Waals surface area (Å²) in [6.07, 6.45) is -4.99. The van der Waals surface area contributed by atoms with Gasteiger partial charge in [-0.3, -0.25) is 19.5 Å². The number of hydrogen-bond donors (Lipinski definition) is 4. The van der Waals surface area contributed by atoms with Crippen molar-refractivity contribution in [3.05, 3.63) is 78.1 Å². The predicted molar refractivity (Wildman–Crippen MR) is 155 cm³/mol. The number of nitrogens with zero attached hydrogens (tertiary/aromatic N) is 3. The first-order valence-electron chi connectivity index (χ1n) is 14.0. The number of carboxylic acid groups (broad SMARTS) is 2. The van der Waals surface area contributed by atoms with Crippen molar-refractivity contribution in [2.45, 2.75) is 37.3 Å². The van der Waals surface area contributed by atoms with E-state index in [-0.39, 0.29) is 11.8 Å². The molecule has 47 heavy (non-hydrogen) atoms. The van der Waals surface area contributed by atoms with Crippen molar-refractivity contribution in [3.8, 4) is 0 Å². The van der Waals surface area contributed by atoms with Gasteiger partial charge in [-0.2, -0.15) is 26.3 Å². The van der Waals surface area contributed by atoms with Crippen LogP contribution in [0.3, 0.4) is 0 Å². The van der Waals surface area contributed by atoms with E-state index < -0.39 is 29.8 Å². The molecule has 2 amide bonds. The minimum absolute atomic E-state index is 0.0482. The van der Waals surface area contributed by atoms with Crippen LogP contribution in [0.15, 0.2) is 67.0 Å². The van der Waals surface area contributed by atoms with Crippen LogP contribution < -0.4 is 10.6 Å². The number of piperidine rings is 1. The van der Waals surface area contributed by atoms with Crippen molar-refractivity contribution in [2.24, 2.45) is 0 Å². The molecule has 2 saturated heterocycles. The Balaban J connectivity index is 0.000000360. The quantitative estimate of drug-likeness (QED) is 0.288. The number of alkyl halides is 6. The lowest BCUT2D eigenvalue weighted by molar-refractivity contribution is -0.193. The molecule has 0 aliphatic carbocycles. The van der Waals surface area contributed by atoms with E-state index >= 15 is 0 Å². The van der Waals surface area contributed by atoms with E-state index in [9.17, 15) is 35.9 Å². The van der Waals surface area contributed by atoms with E-state index in [1.165, 1.54) is 5.56 Å². The summed E-state index contributed by atoms with van der Waals surface area (Å²) in [5.74, 6) is -5.42. The minimum atomic E-state index is -5.08. The van der Waals surface area contributed by atoms with Crippen molar-refractivity contribution in [3.63, 3.8) is 0 Å². The number of pyridine rings is 1. The highest BCUT2D eigenvalue weighted by molar-refractivity contribution is 5.98. The van der Waals surface area contributed by atoms with E-state index in [0.717, 1.165) is 49.8 Å². The van der Waals surface area contributed by atoms with E-state index in [1.54, 1.807) is 12.4 Å². The predicted octanol–water partition coefficient (Wildman–Crippen LogP) is 3.66. The summed E-state index contributed by atoms with van der Waals surface area (Å²) in [5.41, 5.74) is 1.41. The first kappa shape index (κ1) is 36.7. The molecule has 2 aliphatic rings. The molecule has 1 spiro atoms. The summed E-state index contributed by atoms with van der Waals surface area (Å²) >= 11 is 0. The van der Waals surface area contributed by atoms with Gasteiger partial charge < -0.3 is 25.7 Å². The Morgan fingerprint density at radius 3 is 1.98 bits per heavy atom. The molecular formula is C30H31F6N5O6. The lowest BCUT2D eigenvalue weighted by atomic mass is 9.86. The molecule has 0 bridgehead atoms. The summed E-state index contributed by atoms with van der Waals surface area (Å²) in [7, 11) is 0. The molecule has 254 valence electrons. The number of carboxylic acids is 2. The molecule has 2 fully saturated rings. The van der Waals surface area contributed by atoms with E-state index in [2.05, 4.69) is 25.4 Å². The fourth-order valence-corrected chi connectivity index (χ4v) is 4.99. The largest absolute Gasteiger partial charge is 0.490 e. The Morgan fingerprint density at radius 1 is 0.872 bits per heavy atom. The highest BCUT2D eigenvalue weighted by atomic mass is 19.4. The van der Waals surface area contributed by atoms with Gasteiger partial charge in [0, 0.05) is 50.7 Å². The topological polar surface area (TPSA) is 152 Å². The van der Waals surface area contributed by atoms with Crippen LogP contribution in [-0.4, -0.2) is 99.5 Å². The van der Waals surface area contributed by atoms with Crippen LogP contribution >= 0.6 is 0 Å². The smallest absolute Gasteiger partial charge is 0.475 e. The van der Waals surface area contributed by atoms with Crippen molar-refractivity contribution in [2.75, 3.05) is 32.8 Å². The summed E-state index contributed by atoms with van der Waals surface area (Å²) in [6, 6.07) is 17.8. The molecule has 17 heteroatoms. The van der Waals surface area contributed by atoms with E-state index in [0.29, 0.717) is 18.8 Å². The molecule has 11 nitrogen and oxygen atoms in total. The Morgan fingerprint density at radius 2 is 1.43 bits per heavy atom. The van der Waals surface area contributed by atoms with Crippen LogP contribution in [0.25, 0.3) is 10.8 Å². The average molecular weight is 672 g/mol. The molecular weight excluding hydrogens is 640 g/mol. The molecule has 2 aliphatic heterocycles. The minimum Gasteiger partial charge on any atom is -0.475 e. The SMILES string of the molecule is O=C(NCCN1CCC2(CC1)C(=O)NCN2Cc1ccncc1)c1ccc2ccccc2c1.O=C(O)C(F)(F)F.O=C(O)C(F)(F)F. The summed E-state index contributed by atoms with van der Waals surface area (Å²) < 4.78 is 63.5. The zero-order valence-corrected chi connectivity index (χ0v) is 24.6. The number of carbonyl (C=O) groups is 4.